The highest BCUT2D eigenvalue weighted by molar-refractivity contribution is 5.29. The summed E-state index contributed by atoms with van der Waals surface area (Å²) in [5.41, 5.74) is 1.60. The molecule has 0 amide bonds. The fourth-order valence-corrected chi connectivity index (χ4v) is 3.42. The molecule has 2 aliphatic rings. The lowest BCUT2D eigenvalue weighted by atomic mass is 9.78. The van der Waals surface area contributed by atoms with Crippen molar-refractivity contribution >= 4 is 0 Å². The third-order valence-electron chi connectivity index (χ3n) is 4.18. The first-order chi connectivity index (χ1) is 6.78. The van der Waals surface area contributed by atoms with Gasteiger partial charge in [0.05, 0.1) is 0 Å². The lowest BCUT2D eigenvalue weighted by Crippen LogP contribution is -2.19. The Morgan fingerprint density at radius 3 is 2.57 bits per heavy atom. The number of fused-ring (bicyclic) bond motifs is 2. The molecular formula is C13H15F. The SMILES string of the molecule is Fc1cccc(C23CCC(CC2)C3)c1. The molecule has 14 heavy (non-hydrogen) atoms. The molecule has 0 radical (unpaired) electrons. The maximum Gasteiger partial charge on any atom is 0.123 e. The van der Waals surface area contributed by atoms with Crippen LogP contribution in [0.25, 0.3) is 0 Å². The molecule has 0 nitrogen and oxygen atoms in total. The normalized spacial score (nSPS) is 35.1. The fraction of sp³-hybridized carbons (Fsp3) is 0.538. The summed E-state index contributed by atoms with van der Waals surface area (Å²) in [4.78, 5) is 0. The zero-order valence-corrected chi connectivity index (χ0v) is 8.30. The van der Waals surface area contributed by atoms with Crippen molar-refractivity contribution in [2.45, 2.75) is 37.5 Å². The van der Waals surface area contributed by atoms with Crippen LogP contribution in [0, 0.1) is 11.7 Å². The molecule has 0 saturated heterocycles. The van der Waals surface area contributed by atoms with Gasteiger partial charge in [0.2, 0.25) is 0 Å². The van der Waals surface area contributed by atoms with E-state index in [2.05, 4.69) is 6.07 Å². The lowest BCUT2D eigenvalue weighted by Gasteiger charge is -2.27. The summed E-state index contributed by atoms with van der Waals surface area (Å²) in [5, 5.41) is 0. The highest BCUT2D eigenvalue weighted by atomic mass is 19.1. The van der Waals surface area contributed by atoms with Gasteiger partial charge in [0.15, 0.2) is 0 Å². The van der Waals surface area contributed by atoms with Crippen molar-refractivity contribution in [3.05, 3.63) is 35.6 Å². The number of hydrogen-bond acceptors (Lipinski definition) is 0. The third-order valence-corrected chi connectivity index (χ3v) is 4.18. The van der Waals surface area contributed by atoms with Crippen LogP contribution in [-0.2, 0) is 5.41 Å². The van der Waals surface area contributed by atoms with Crippen LogP contribution in [0.5, 0.6) is 0 Å². The molecule has 2 fully saturated rings. The third kappa shape index (κ3) is 1.11. The van der Waals surface area contributed by atoms with E-state index in [0.717, 1.165) is 5.92 Å². The van der Waals surface area contributed by atoms with E-state index in [1.54, 1.807) is 12.1 Å². The lowest BCUT2D eigenvalue weighted by molar-refractivity contribution is 0.417. The second-order valence-corrected chi connectivity index (χ2v) is 4.94. The second-order valence-electron chi connectivity index (χ2n) is 4.94. The van der Waals surface area contributed by atoms with Gasteiger partial charge in [-0.3, -0.25) is 0 Å². The van der Waals surface area contributed by atoms with Crippen LogP contribution >= 0.6 is 0 Å². The second kappa shape index (κ2) is 2.82. The Balaban J connectivity index is 2.02. The number of hydrogen-bond donors (Lipinski definition) is 0. The molecule has 1 aromatic carbocycles. The van der Waals surface area contributed by atoms with Gasteiger partial charge in [0.25, 0.3) is 0 Å². The highest BCUT2D eigenvalue weighted by Gasteiger charge is 2.45. The van der Waals surface area contributed by atoms with Crippen molar-refractivity contribution in [3.63, 3.8) is 0 Å². The maximum atomic E-state index is 13.1. The van der Waals surface area contributed by atoms with Gasteiger partial charge in [-0.25, -0.2) is 4.39 Å². The monoisotopic (exact) mass is 190 g/mol. The van der Waals surface area contributed by atoms with E-state index >= 15 is 0 Å². The molecule has 0 heterocycles. The Morgan fingerprint density at radius 2 is 2.00 bits per heavy atom. The van der Waals surface area contributed by atoms with Crippen molar-refractivity contribution in [1.82, 2.24) is 0 Å². The standard InChI is InChI=1S/C13H15F/c14-12-3-1-2-11(8-12)13-6-4-10(9-13)5-7-13/h1-3,8,10H,4-7,9H2. The summed E-state index contributed by atoms with van der Waals surface area (Å²) >= 11 is 0. The molecule has 2 aliphatic carbocycles. The first-order valence-corrected chi connectivity index (χ1v) is 5.55. The number of halogens is 1. The average molecular weight is 190 g/mol. The predicted molar refractivity (Wildman–Crippen MR) is 54.7 cm³/mol. The summed E-state index contributed by atoms with van der Waals surface area (Å²) in [7, 11) is 0. The van der Waals surface area contributed by atoms with Crippen LogP contribution in [-0.4, -0.2) is 0 Å². The van der Waals surface area contributed by atoms with E-state index in [1.807, 2.05) is 6.07 Å². The first-order valence-electron chi connectivity index (χ1n) is 5.55. The number of rotatable bonds is 1. The molecular weight excluding hydrogens is 175 g/mol. The van der Waals surface area contributed by atoms with Gasteiger partial charge in [-0.05, 0) is 61.1 Å². The molecule has 0 N–H and O–H groups in total. The minimum Gasteiger partial charge on any atom is -0.207 e. The predicted octanol–water partition coefficient (Wildman–Crippen LogP) is 3.66. The Hall–Kier alpha value is -0.850. The molecule has 0 atom stereocenters. The van der Waals surface area contributed by atoms with Crippen LogP contribution in [0.15, 0.2) is 24.3 Å². The summed E-state index contributed by atoms with van der Waals surface area (Å²) in [6.45, 7) is 0. The van der Waals surface area contributed by atoms with Gasteiger partial charge < -0.3 is 0 Å². The zero-order chi connectivity index (χ0) is 9.60. The molecule has 0 unspecified atom stereocenters. The van der Waals surface area contributed by atoms with E-state index < -0.39 is 0 Å². The van der Waals surface area contributed by atoms with Gasteiger partial charge in [0, 0.05) is 0 Å². The summed E-state index contributed by atoms with van der Waals surface area (Å²) in [6, 6.07) is 7.25. The molecule has 2 saturated carbocycles. The van der Waals surface area contributed by atoms with E-state index in [4.69, 9.17) is 0 Å². The van der Waals surface area contributed by atoms with Crippen LogP contribution in [0.4, 0.5) is 4.39 Å². The summed E-state index contributed by atoms with van der Waals surface area (Å²) in [5.74, 6) is 0.852. The van der Waals surface area contributed by atoms with Gasteiger partial charge in [-0.1, -0.05) is 12.1 Å². The van der Waals surface area contributed by atoms with E-state index in [-0.39, 0.29) is 5.82 Å². The fourth-order valence-electron chi connectivity index (χ4n) is 3.42. The molecule has 3 rings (SSSR count). The molecule has 0 aromatic heterocycles. The Kier molecular flexibility index (Phi) is 1.70. The molecule has 0 aliphatic heterocycles. The molecule has 1 heteroatoms. The Bertz CT molecular complexity index is 348. The van der Waals surface area contributed by atoms with Crippen molar-refractivity contribution in [2.24, 2.45) is 5.92 Å². The topological polar surface area (TPSA) is 0 Å². The Labute approximate surface area is 84.1 Å². The highest BCUT2D eigenvalue weighted by Crippen LogP contribution is 2.55. The van der Waals surface area contributed by atoms with Gasteiger partial charge in [0.1, 0.15) is 5.82 Å². The van der Waals surface area contributed by atoms with Gasteiger partial charge in [-0.15, -0.1) is 0 Å². The van der Waals surface area contributed by atoms with E-state index in [0.29, 0.717) is 5.41 Å². The summed E-state index contributed by atoms with van der Waals surface area (Å²) < 4.78 is 13.1. The Morgan fingerprint density at radius 1 is 1.21 bits per heavy atom. The van der Waals surface area contributed by atoms with Crippen molar-refractivity contribution in [2.75, 3.05) is 0 Å². The van der Waals surface area contributed by atoms with Crippen molar-refractivity contribution in [3.8, 4) is 0 Å². The van der Waals surface area contributed by atoms with Crippen molar-refractivity contribution < 1.29 is 4.39 Å². The van der Waals surface area contributed by atoms with Crippen LogP contribution in [0.2, 0.25) is 0 Å². The van der Waals surface area contributed by atoms with Gasteiger partial charge in [-0.2, -0.15) is 0 Å². The van der Waals surface area contributed by atoms with Gasteiger partial charge >= 0.3 is 0 Å². The molecule has 0 spiro atoms. The van der Waals surface area contributed by atoms with Crippen LogP contribution in [0.1, 0.15) is 37.7 Å². The smallest absolute Gasteiger partial charge is 0.123 e. The van der Waals surface area contributed by atoms with Crippen molar-refractivity contribution in [1.29, 1.82) is 0 Å². The minimum absolute atomic E-state index is 0.0766. The maximum absolute atomic E-state index is 13.1. The molecule has 74 valence electrons. The molecule has 1 aromatic rings. The minimum atomic E-state index is -0.0766. The largest absolute Gasteiger partial charge is 0.207 e. The van der Waals surface area contributed by atoms with Crippen LogP contribution < -0.4 is 0 Å². The summed E-state index contributed by atoms with van der Waals surface area (Å²) in [6.07, 6.45) is 6.58. The number of benzene rings is 1. The van der Waals surface area contributed by atoms with Crippen LogP contribution in [0.3, 0.4) is 0 Å². The zero-order valence-electron chi connectivity index (χ0n) is 8.30. The first kappa shape index (κ1) is 8.46. The van der Waals surface area contributed by atoms with E-state index in [1.165, 1.54) is 37.7 Å². The average Bonchev–Trinajstić information content (AvgIpc) is 2.78. The van der Waals surface area contributed by atoms with E-state index in [9.17, 15) is 4.39 Å². The quantitative estimate of drug-likeness (QED) is 0.634. The molecule has 2 bridgehead atoms.